The highest BCUT2D eigenvalue weighted by atomic mass is 79.9. The number of halogens is 2. The molecule has 1 heterocycles. The highest BCUT2D eigenvalue weighted by molar-refractivity contribution is 9.10. The number of rotatable bonds is 7. The van der Waals surface area contributed by atoms with Gasteiger partial charge in [-0.2, -0.15) is 9.78 Å². The molecule has 4 aromatic rings. The van der Waals surface area contributed by atoms with Crippen LogP contribution in [0, 0.1) is 6.92 Å². The van der Waals surface area contributed by atoms with Crippen LogP contribution in [-0.2, 0) is 6.61 Å². The van der Waals surface area contributed by atoms with Gasteiger partial charge in [-0.3, -0.25) is 4.79 Å². The Morgan fingerprint density at radius 2 is 1.80 bits per heavy atom. The molecule has 0 fully saturated rings. The smallest absolute Gasteiger partial charge is 0.282 e. The van der Waals surface area contributed by atoms with Gasteiger partial charge in [0.05, 0.1) is 24.2 Å². The van der Waals surface area contributed by atoms with E-state index in [4.69, 9.17) is 9.47 Å². The molecule has 180 valence electrons. The lowest BCUT2D eigenvalue weighted by Gasteiger charge is -2.14. The number of fused-ring (bicyclic) bond motifs is 1. The van der Waals surface area contributed by atoms with E-state index in [0.29, 0.717) is 34.8 Å². The third kappa shape index (κ3) is 5.65. The SMILES string of the molecule is COc1cc(C=Nn2c(C(C)C)nc3ccc(Br)cc3c2=O)c(Br)cc1OCc1ccc(C)cc1. The van der Waals surface area contributed by atoms with Crippen LogP contribution in [0.1, 0.15) is 42.3 Å². The molecule has 0 spiro atoms. The molecular formula is C27H25Br2N3O3. The standard InChI is InChI=1S/C27H25Br2N3O3/c1-16(2)26-31-23-10-9-20(28)12-21(23)27(33)32(26)30-14-19-11-24(34-4)25(13-22(19)29)35-15-18-7-5-17(3)6-8-18/h5-14,16H,15H2,1-4H3. The van der Waals surface area contributed by atoms with Crippen LogP contribution in [0.4, 0.5) is 0 Å². The average molecular weight is 599 g/mol. The number of hydrogen-bond acceptors (Lipinski definition) is 5. The molecule has 0 bridgehead atoms. The molecule has 0 amide bonds. The van der Waals surface area contributed by atoms with Crippen molar-refractivity contribution in [3.8, 4) is 11.5 Å². The fourth-order valence-electron chi connectivity index (χ4n) is 3.54. The van der Waals surface area contributed by atoms with Crippen molar-refractivity contribution in [2.75, 3.05) is 7.11 Å². The summed E-state index contributed by atoms with van der Waals surface area (Å²) in [4.78, 5) is 18.0. The van der Waals surface area contributed by atoms with Crippen molar-refractivity contribution in [2.45, 2.75) is 33.3 Å². The molecule has 3 aromatic carbocycles. The predicted octanol–water partition coefficient (Wildman–Crippen LogP) is 6.82. The first-order valence-corrected chi connectivity index (χ1v) is 12.7. The Hall–Kier alpha value is -2.97. The monoisotopic (exact) mass is 597 g/mol. The minimum absolute atomic E-state index is 0.00317. The van der Waals surface area contributed by atoms with Gasteiger partial charge in [-0.1, -0.05) is 59.6 Å². The first kappa shape index (κ1) is 25.1. The molecule has 35 heavy (non-hydrogen) atoms. The van der Waals surface area contributed by atoms with Gasteiger partial charge in [0, 0.05) is 20.4 Å². The van der Waals surface area contributed by atoms with E-state index in [-0.39, 0.29) is 11.5 Å². The molecule has 0 unspecified atom stereocenters. The Bertz CT molecular complexity index is 1460. The van der Waals surface area contributed by atoms with Crippen molar-refractivity contribution in [2.24, 2.45) is 5.10 Å². The van der Waals surface area contributed by atoms with E-state index >= 15 is 0 Å². The highest BCUT2D eigenvalue weighted by Crippen LogP contribution is 2.33. The van der Waals surface area contributed by atoms with E-state index in [1.54, 1.807) is 19.4 Å². The van der Waals surface area contributed by atoms with Crippen LogP contribution in [0.5, 0.6) is 11.5 Å². The Morgan fingerprint density at radius 1 is 1.06 bits per heavy atom. The fourth-order valence-corrected chi connectivity index (χ4v) is 4.32. The number of aromatic nitrogens is 2. The van der Waals surface area contributed by atoms with E-state index in [1.807, 2.05) is 50.2 Å². The molecule has 0 aliphatic carbocycles. The summed E-state index contributed by atoms with van der Waals surface area (Å²) in [6.07, 6.45) is 1.62. The van der Waals surface area contributed by atoms with Crippen LogP contribution in [-0.4, -0.2) is 23.0 Å². The van der Waals surface area contributed by atoms with Crippen molar-refractivity contribution in [3.63, 3.8) is 0 Å². The second-order valence-corrected chi connectivity index (χ2v) is 10.2. The van der Waals surface area contributed by atoms with Gasteiger partial charge in [0.2, 0.25) is 0 Å². The predicted molar refractivity (Wildman–Crippen MR) is 147 cm³/mol. The minimum atomic E-state index is -0.225. The first-order valence-electron chi connectivity index (χ1n) is 11.1. The van der Waals surface area contributed by atoms with Gasteiger partial charge in [0.25, 0.3) is 5.56 Å². The zero-order valence-electron chi connectivity index (χ0n) is 19.9. The van der Waals surface area contributed by atoms with Crippen molar-refractivity contribution in [3.05, 3.63) is 96.4 Å². The summed E-state index contributed by atoms with van der Waals surface area (Å²) in [6, 6.07) is 17.3. The number of aryl methyl sites for hydroxylation is 1. The van der Waals surface area contributed by atoms with Gasteiger partial charge >= 0.3 is 0 Å². The van der Waals surface area contributed by atoms with Crippen LogP contribution in [0.25, 0.3) is 10.9 Å². The van der Waals surface area contributed by atoms with Crippen LogP contribution in [0.15, 0.2) is 73.4 Å². The Balaban J connectivity index is 1.68. The summed E-state index contributed by atoms with van der Waals surface area (Å²) in [5.41, 5.74) is 3.42. The molecular weight excluding hydrogens is 574 g/mol. The zero-order chi connectivity index (χ0) is 25.1. The van der Waals surface area contributed by atoms with E-state index in [1.165, 1.54) is 10.2 Å². The van der Waals surface area contributed by atoms with Gasteiger partial charge < -0.3 is 9.47 Å². The summed E-state index contributed by atoms with van der Waals surface area (Å²) < 4.78 is 14.5. The second-order valence-electron chi connectivity index (χ2n) is 8.45. The number of ether oxygens (including phenoxy) is 2. The molecule has 0 radical (unpaired) electrons. The highest BCUT2D eigenvalue weighted by Gasteiger charge is 2.15. The van der Waals surface area contributed by atoms with Gasteiger partial charge in [0.1, 0.15) is 12.4 Å². The maximum atomic E-state index is 13.3. The molecule has 4 rings (SSSR count). The fraction of sp³-hybridized carbons (Fsp3) is 0.222. The number of nitrogens with zero attached hydrogens (tertiary/aromatic N) is 3. The van der Waals surface area contributed by atoms with Gasteiger partial charge in [-0.15, -0.1) is 0 Å². The zero-order valence-corrected chi connectivity index (χ0v) is 23.1. The third-order valence-corrected chi connectivity index (χ3v) is 6.64. The molecule has 0 saturated heterocycles. The lowest BCUT2D eigenvalue weighted by Crippen LogP contribution is -2.23. The maximum Gasteiger partial charge on any atom is 0.282 e. The molecule has 0 N–H and O–H groups in total. The largest absolute Gasteiger partial charge is 0.493 e. The van der Waals surface area contributed by atoms with Gasteiger partial charge in [0.15, 0.2) is 11.5 Å². The van der Waals surface area contributed by atoms with Crippen molar-refractivity contribution in [1.29, 1.82) is 0 Å². The van der Waals surface area contributed by atoms with E-state index in [0.717, 1.165) is 20.1 Å². The van der Waals surface area contributed by atoms with Crippen molar-refractivity contribution in [1.82, 2.24) is 9.66 Å². The normalized spacial score (nSPS) is 11.5. The lowest BCUT2D eigenvalue weighted by molar-refractivity contribution is 0.284. The van der Waals surface area contributed by atoms with Crippen molar-refractivity contribution < 1.29 is 9.47 Å². The van der Waals surface area contributed by atoms with E-state index in [2.05, 4.69) is 61.0 Å². The van der Waals surface area contributed by atoms with Crippen LogP contribution < -0.4 is 15.0 Å². The van der Waals surface area contributed by atoms with Crippen molar-refractivity contribution >= 4 is 49.0 Å². The topological polar surface area (TPSA) is 65.7 Å². The third-order valence-electron chi connectivity index (χ3n) is 5.46. The Labute approximate surface area is 220 Å². The first-order chi connectivity index (χ1) is 16.8. The summed E-state index contributed by atoms with van der Waals surface area (Å²) in [6.45, 7) is 6.44. The molecule has 1 aromatic heterocycles. The number of benzene rings is 3. The Kier molecular flexibility index (Phi) is 7.72. The van der Waals surface area contributed by atoms with Gasteiger partial charge in [-0.05, 0) is 58.7 Å². The molecule has 0 saturated carbocycles. The average Bonchev–Trinajstić information content (AvgIpc) is 2.84. The van der Waals surface area contributed by atoms with Crippen LogP contribution >= 0.6 is 31.9 Å². The maximum absolute atomic E-state index is 13.3. The second kappa shape index (κ2) is 10.7. The minimum Gasteiger partial charge on any atom is -0.493 e. The summed E-state index contributed by atoms with van der Waals surface area (Å²) >= 11 is 7.03. The molecule has 6 nitrogen and oxygen atoms in total. The molecule has 0 atom stereocenters. The van der Waals surface area contributed by atoms with E-state index < -0.39 is 0 Å². The molecule has 0 aliphatic rings. The molecule has 8 heteroatoms. The molecule has 0 aliphatic heterocycles. The lowest BCUT2D eigenvalue weighted by atomic mass is 10.1. The number of methoxy groups -OCH3 is 1. The van der Waals surface area contributed by atoms with E-state index in [9.17, 15) is 4.79 Å². The number of hydrogen-bond donors (Lipinski definition) is 0. The van der Waals surface area contributed by atoms with Gasteiger partial charge in [-0.25, -0.2) is 4.98 Å². The summed E-state index contributed by atoms with van der Waals surface area (Å²) in [5.74, 6) is 1.76. The van der Waals surface area contributed by atoms with Crippen LogP contribution in [0.2, 0.25) is 0 Å². The van der Waals surface area contributed by atoms with Crippen LogP contribution in [0.3, 0.4) is 0 Å². The summed E-state index contributed by atoms with van der Waals surface area (Å²) in [5, 5.41) is 5.02. The summed E-state index contributed by atoms with van der Waals surface area (Å²) in [7, 11) is 1.59. The Morgan fingerprint density at radius 3 is 2.49 bits per heavy atom. The quantitative estimate of drug-likeness (QED) is 0.219.